The van der Waals surface area contributed by atoms with Crippen LogP contribution in [0.5, 0.6) is 0 Å². The molecule has 1 fully saturated rings. The lowest BCUT2D eigenvalue weighted by atomic mass is 10.1. The van der Waals surface area contributed by atoms with E-state index >= 15 is 0 Å². The molecular formula is C16H18ClN5O. The average Bonchev–Trinajstić information content (AvgIpc) is 2.45. The number of carbonyl (C=O) groups excluding carboxylic acids is 1. The summed E-state index contributed by atoms with van der Waals surface area (Å²) in [5.41, 5.74) is 1.41. The molecule has 0 unspecified atom stereocenters. The van der Waals surface area contributed by atoms with E-state index in [-0.39, 0.29) is 11.9 Å². The fraction of sp³-hybridized carbons (Fsp3) is 0.375. The van der Waals surface area contributed by atoms with Gasteiger partial charge in [-0.1, -0.05) is 11.6 Å². The smallest absolute Gasteiger partial charge is 0.244 e. The number of rotatable bonds is 4. The molecule has 3 rings (SSSR count). The van der Waals surface area contributed by atoms with Crippen LogP contribution in [0.25, 0.3) is 11.4 Å². The lowest BCUT2D eigenvalue weighted by Gasteiger charge is -2.33. The Labute approximate surface area is 139 Å². The third kappa shape index (κ3) is 3.59. The molecule has 1 atom stereocenters. The first kappa shape index (κ1) is 15.7. The Bertz CT molecular complexity index is 715. The molecule has 7 heteroatoms. The molecule has 2 aromatic rings. The van der Waals surface area contributed by atoms with Crippen LogP contribution in [0.2, 0.25) is 5.02 Å². The number of nitrogens with zero attached hydrogens (tertiary/aromatic N) is 4. The van der Waals surface area contributed by atoms with Crippen molar-refractivity contribution in [2.75, 3.05) is 18.4 Å². The normalized spacial score (nSPS) is 15.0. The quantitative estimate of drug-likeness (QED) is 0.932. The maximum atomic E-state index is 12.2. The molecule has 120 valence electrons. The van der Waals surface area contributed by atoms with Gasteiger partial charge in [-0.3, -0.25) is 9.78 Å². The zero-order valence-corrected chi connectivity index (χ0v) is 13.8. The molecule has 0 bridgehead atoms. The number of halogens is 1. The number of anilines is 1. The van der Waals surface area contributed by atoms with Crippen molar-refractivity contribution in [1.82, 2.24) is 19.9 Å². The summed E-state index contributed by atoms with van der Waals surface area (Å²) in [5.74, 6) is 1.33. The fourth-order valence-corrected chi connectivity index (χ4v) is 2.51. The zero-order chi connectivity index (χ0) is 16.4. The largest absolute Gasteiger partial charge is 0.358 e. The molecule has 0 aliphatic carbocycles. The van der Waals surface area contributed by atoms with Crippen LogP contribution < -0.4 is 5.32 Å². The van der Waals surface area contributed by atoms with E-state index in [1.807, 2.05) is 24.8 Å². The zero-order valence-electron chi connectivity index (χ0n) is 13.1. The van der Waals surface area contributed by atoms with Crippen molar-refractivity contribution in [3.8, 4) is 11.4 Å². The number of likely N-dealkylation sites (tertiary alicyclic amines) is 1. The summed E-state index contributed by atoms with van der Waals surface area (Å²) in [7, 11) is 0. The highest BCUT2D eigenvalue weighted by Gasteiger charge is 2.25. The molecule has 1 aliphatic heterocycles. The summed E-state index contributed by atoms with van der Waals surface area (Å²) in [4.78, 5) is 27.1. The van der Waals surface area contributed by atoms with Gasteiger partial charge in [-0.25, -0.2) is 9.97 Å². The van der Waals surface area contributed by atoms with E-state index in [9.17, 15) is 4.79 Å². The highest BCUT2D eigenvalue weighted by atomic mass is 35.5. The van der Waals surface area contributed by atoms with E-state index in [4.69, 9.17) is 11.6 Å². The number of hydrogen-bond acceptors (Lipinski definition) is 5. The standard InChI is InChI=1S/C16H18ClN5O/c1-10(16(23)22-6-3-7-22)19-15-8-14(20-11(2)21-15)13-5-4-12(17)9-18-13/h4-5,8-10H,3,6-7H2,1-2H3,(H,19,20,21)/t10-/m1/s1. The monoisotopic (exact) mass is 331 g/mol. The summed E-state index contributed by atoms with van der Waals surface area (Å²) in [6, 6.07) is 5.05. The van der Waals surface area contributed by atoms with Gasteiger partial charge in [0.2, 0.25) is 5.91 Å². The van der Waals surface area contributed by atoms with E-state index in [0.717, 1.165) is 19.5 Å². The van der Waals surface area contributed by atoms with Gasteiger partial charge in [0.25, 0.3) is 0 Å². The first-order valence-corrected chi connectivity index (χ1v) is 7.93. The highest BCUT2D eigenvalue weighted by molar-refractivity contribution is 6.30. The minimum absolute atomic E-state index is 0.0960. The Balaban J connectivity index is 1.79. The number of aryl methyl sites for hydroxylation is 1. The number of aromatic nitrogens is 3. The fourth-order valence-electron chi connectivity index (χ4n) is 2.39. The predicted molar refractivity (Wildman–Crippen MR) is 89.3 cm³/mol. The van der Waals surface area contributed by atoms with Crippen molar-refractivity contribution in [1.29, 1.82) is 0 Å². The number of amides is 1. The summed E-state index contributed by atoms with van der Waals surface area (Å²) >= 11 is 5.86. The van der Waals surface area contributed by atoms with Crippen LogP contribution in [0.1, 0.15) is 19.2 Å². The van der Waals surface area contributed by atoms with Crippen molar-refractivity contribution >= 4 is 23.3 Å². The van der Waals surface area contributed by atoms with Gasteiger partial charge in [-0.15, -0.1) is 0 Å². The molecule has 0 radical (unpaired) electrons. The first-order valence-electron chi connectivity index (χ1n) is 7.56. The molecule has 23 heavy (non-hydrogen) atoms. The van der Waals surface area contributed by atoms with Crippen LogP contribution in [-0.2, 0) is 4.79 Å². The summed E-state index contributed by atoms with van der Waals surface area (Å²) in [6.45, 7) is 5.34. The minimum atomic E-state index is -0.323. The Kier molecular flexibility index (Phi) is 4.43. The van der Waals surface area contributed by atoms with E-state index < -0.39 is 0 Å². The molecule has 0 aromatic carbocycles. The van der Waals surface area contributed by atoms with E-state index in [1.54, 1.807) is 18.3 Å². The molecule has 1 N–H and O–H groups in total. The van der Waals surface area contributed by atoms with Crippen molar-refractivity contribution in [2.45, 2.75) is 26.3 Å². The van der Waals surface area contributed by atoms with Crippen molar-refractivity contribution in [3.05, 3.63) is 35.2 Å². The van der Waals surface area contributed by atoms with Gasteiger partial charge in [0.05, 0.1) is 16.4 Å². The van der Waals surface area contributed by atoms with Crippen molar-refractivity contribution in [3.63, 3.8) is 0 Å². The molecule has 1 amide bonds. The topological polar surface area (TPSA) is 71.0 Å². The first-order chi connectivity index (χ1) is 11.0. The SMILES string of the molecule is Cc1nc(N[C@H](C)C(=O)N2CCC2)cc(-c2ccc(Cl)cn2)n1. The number of nitrogens with one attached hydrogen (secondary N) is 1. The molecule has 0 saturated carbocycles. The van der Waals surface area contributed by atoms with Gasteiger partial charge in [0.15, 0.2) is 0 Å². The summed E-state index contributed by atoms with van der Waals surface area (Å²) in [5, 5.41) is 3.73. The van der Waals surface area contributed by atoms with Gasteiger partial charge >= 0.3 is 0 Å². The second kappa shape index (κ2) is 6.50. The van der Waals surface area contributed by atoms with Gasteiger partial charge in [0.1, 0.15) is 17.7 Å². The Hall–Kier alpha value is -2.21. The van der Waals surface area contributed by atoms with Gasteiger partial charge in [-0.2, -0.15) is 0 Å². The van der Waals surface area contributed by atoms with Crippen LogP contribution >= 0.6 is 11.6 Å². The Morgan fingerprint density at radius 2 is 2.09 bits per heavy atom. The number of carbonyl (C=O) groups is 1. The Morgan fingerprint density at radius 3 is 2.70 bits per heavy atom. The maximum Gasteiger partial charge on any atom is 0.244 e. The summed E-state index contributed by atoms with van der Waals surface area (Å²) in [6.07, 6.45) is 2.66. The van der Waals surface area contributed by atoms with Crippen molar-refractivity contribution in [2.24, 2.45) is 0 Å². The molecule has 0 spiro atoms. The Morgan fingerprint density at radius 1 is 1.30 bits per heavy atom. The third-order valence-corrected chi connectivity index (χ3v) is 3.95. The lowest BCUT2D eigenvalue weighted by molar-refractivity contribution is -0.135. The second-order valence-corrected chi connectivity index (χ2v) is 6.03. The molecule has 1 aliphatic rings. The van der Waals surface area contributed by atoms with Crippen molar-refractivity contribution < 1.29 is 4.79 Å². The van der Waals surface area contributed by atoms with Gasteiger partial charge in [-0.05, 0) is 32.4 Å². The highest BCUT2D eigenvalue weighted by Crippen LogP contribution is 2.20. The molecule has 3 heterocycles. The molecular weight excluding hydrogens is 314 g/mol. The second-order valence-electron chi connectivity index (χ2n) is 5.59. The van der Waals surface area contributed by atoms with Crippen LogP contribution in [0.4, 0.5) is 5.82 Å². The van der Waals surface area contributed by atoms with Crippen LogP contribution in [0.3, 0.4) is 0 Å². The maximum absolute atomic E-state index is 12.2. The molecule has 6 nitrogen and oxygen atoms in total. The van der Waals surface area contributed by atoms with Gasteiger partial charge < -0.3 is 10.2 Å². The van der Waals surface area contributed by atoms with Gasteiger partial charge in [0, 0.05) is 25.4 Å². The lowest BCUT2D eigenvalue weighted by Crippen LogP contribution is -2.48. The number of pyridine rings is 1. The van der Waals surface area contributed by atoms with E-state index in [0.29, 0.717) is 28.1 Å². The molecule has 2 aromatic heterocycles. The third-order valence-electron chi connectivity index (χ3n) is 3.73. The predicted octanol–water partition coefficient (Wildman–Crippen LogP) is 2.53. The van der Waals surface area contributed by atoms with Crippen LogP contribution in [0, 0.1) is 6.92 Å². The minimum Gasteiger partial charge on any atom is -0.358 e. The summed E-state index contributed by atoms with van der Waals surface area (Å²) < 4.78 is 0. The molecule has 1 saturated heterocycles. The number of hydrogen-bond donors (Lipinski definition) is 1. The van der Waals surface area contributed by atoms with Crippen LogP contribution in [-0.4, -0.2) is 44.9 Å². The van der Waals surface area contributed by atoms with Crippen LogP contribution in [0.15, 0.2) is 24.4 Å². The average molecular weight is 332 g/mol. The van der Waals surface area contributed by atoms with E-state index in [1.165, 1.54) is 0 Å². The van der Waals surface area contributed by atoms with E-state index in [2.05, 4.69) is 20.3 Å².